The van der Waals surface area contributed by atoms with Gasteiger partial charge in [0.25, 0.3) is 0 Å². The summed E-state index contributed by atoms with van der Waals surface area (Å²) in [5, 5.41) is 4.00. The van der Waals surface area contributed by atoms with E-state index in [1.165, 1.54) is 0 Å². The molecule has 6 heteroatoms. The van der Waals surface area contributed by atoms with Crippen molar-refractivity contribution in [2.24, 2.45) is 0 Å². The highest BCUT2D eigenvalue weighted by atomic mass is 32.2. The molecule has 1 aromatic heterocycles. The second kappa shape index (κ2) is 5.95. The molecule has 2 rings (SSSR count). The van der Waals surface area contributed by atoms with Gasteiger partial charge in [-0.15, -0.1) is 0 Å². The zero-order valence-corrected chi connectivity index (χ0v) is 13.1. The molecule has 0 unspecified atom stereocenters. The maximum Gasteiger partial charge on any atom is 0.241 e. The fourth-order valence-electron chi connectivity index (χ4n) is 2.09. The van der Waals surface area contributed by atoms with Gasteiger partial charge in [0.15, 0.2) is 0 Å². The van der Waals surface area contributed by atoms with Crippen molar-refractivity contribution >= 4 is 27.0 Å². The standard InChI is InChI=1S/C14H18N2O2S2/c1-10-3-4-13(15)11(2)14(10)20(17,18)16-7-5-12-6-8-19-9-12/h3-4,6,8-9,16H,5,7,15H2,1-2H3. The van der Waals surface area contributed by atoms with Crippen LogP contribution in [-0.4, -0.2) is 15.0 Å². The van der Waals surface area contributed by atoms with Crippen LogP contribution in [0.25, 0.3) is 0 Å². The summed E-state index contributed by atoms with van der Waals surface area (Å²) in [5.41, 5.74) is 8.75. The van der Waals surface area contributed by atoms with Gasteiger partial charge in [0.1, 0.15) is 0 Å². The summed E-state index contributed by atoms with van der Waals surface area (Å²) in [6, 6.07) is 5.46. The maximum atomic E-state index is 12.4. The van der Waals surface area contributed by atoms with Gasteiger partial charge in [0.2, 0.25) is 10.0 Å². The van der Waals surface area contributed by atoms with Gasteiger partial charge in [0, 0.05) is 12.2 Å². The zero-order chi connectivity index (χ0) is 14.8. The monoisotopic (exact) mass is 310 g/mol. The highest BCUT2D eigenvalue weighted by molar-refractivity contribution is 7.89. The van der Waals surface area contributed by atoms with Crippen molar-refractivity contribution in [3.63, 3.8) is 0 Å². The Hall–Kier alpha value is -1.37. The molecule has 0 fully saturated rings. The number of hydrogen-bond donors (Lipinski definition) is 2. The van der Waals surface area contributed by atoms with Crippen molar-refractivity contribution in [3.05, 3.63) is 45.6 Å². The van der Waals surface area contributed by atoms with Gasteiger partial charge in [-0.2, -0.15) is 11.3 Å². The summed E-state index contributed by atoms with van der Waals surface area (Å²) in [6.45, 7) is 3.89. The number of rotatable bonds is 5. The summed E-state index contributed by atoms with van der Waals surface area (Å²) in [4.78, 5) is 0.294. The predicted octanol–water partition coefficient (Wildman–Crippen LogP) is 2.47. The minimum Gasteiger partial charge on any atom is -0.398 e. The van der Waals surface area contributed by atoms with Crippen LogP contribution in [0.5, 0.6) is 0 Å². The van der Waals surface area contributed by atoms with Crippen molar-refractivity contribution in [3.8, 4) is 0 Å². The lowest BCUT2D eigenvalue weighted by atomic mass is 10.1. The largest absolute Gasteiger partial charge is 0.398 e. The molecule has 0 aliphatic carbocycles. The van der Waals surface area contributed by atoms with Crippen molar-refractivity contribution in [2.75, 3.05) is 12.3 Å². The third-order valence-electron chi connectivity index (χ3n) is 3.20. The quantitative estimate of drug-likeness (QED) is 0.833. The summed E-state index contributed by atoms with van der Waals surface area (Å²) in [7, 11) is -3.52. The molecule has 3 N–H and O–H groups in total. The van der Waals surface area contributed by atoms with Crippen molar-refractivity contribution in [2.45, 2.75) is 25.2 Å². The minimum atomic E-state index is -3.52. The number of sulfonamides is 1. The smallest absolute Gasteiger partial charge is 0.241 e. The van der Waals surface area contributed by atoms with Crippen LogP contribution in [0, 0.1) is 13.8 Å². The van der Waals surface area contributed by atoms with Crippen molar-refractivity contribution in [1.82, 2.24) is 4.72 Å². The molecule has 0 spiro atoms. The van der Waals surface area contributed by atoms with E-state index >= 15 is 0 Å². The van der Waals surface area contributed by atoms with Crippen molar-refractivity contribution in [1.29, 1.82) is 0 Å². The van der Waals surface area contributed by atoms with Crippen LogP contribution in [-0.2, 0) is 16.4 Å². The predicted molar refractivity (Wildman–Crippen MR) is 83.5 cm³/mol. The zero-order valence-electron chi connectivity index (χ0n) is 11.5. The van der Waals surface area contributed by atoms with E-state index in [2.05, 4.69) is 4.72 Å². The van der Waals surface area contributed by atoms with E-state index in [4.69, 9.17) is 5.73 Å². The third-order valence-corrected chi connectivity index (χ3v) is 5.68. The van der Waals surface area contributed by atoms with Crippen LogP contribution in [0.3, 0.4) is 0 Å². The molecule has 2 aromatic rings. The lowest BCUT2D eigenvalue weighted by Gasteiger charge is -2.13. The first-order chi connectivity index (χ1) is 9.42. The molecule has 108 valence electrons. The van der Waals surface area contributed by atoms with E-state index in [1.807, 2.05) is 16.8 Å². The minimum absolute atomic E-state index is 0.294. The number of hydrogen-bond acceptors (Lipinski definition) is 4. The fourth-order valence-corrected chi connectivity index (χ4v) is 4.32. The van der Waals surface area contributed by atoms with Crippen LogP contribution in [0.1, 0.15) is 16.7 Å². The highest BCUT2D eigenvalue weighted by Crippen LogP contribution is 2.24. The molecule has 1 aromatic carbocycles. The van der Waals surface area contributed by atoms with Crippen LogP contribution in [0.15, 0.2) is 33.9 Å². The van der Waals surface area contributed by atoms with E-state index in [0.29, 0.717) is 34.7 Å². The van der Waals surface area contributed by atoms with E-state index < -0.39 is 10.0 Å². The molecule has 0 saturated heterocycles. The number of nitrogens with one attached hydrogen (secondary N) is 1. The molecular weight excluding hydrogens is 292 g/mol. The van der Waals surface area contributed by atoms with E-state index in [9.17, 15) is 8.42 Å². The van der Waals surface area contributed by atoms with Gasteiger partial charge in [-0.1, -0.05) is 6.07 Å². The van der Waals surface area contributed by atoms with Gasteiger partial charge in [-0.25, -0.2) is 13.1 Å². The molecule has 0 saturated carbocycles. The average Bonchev–Trinajstić information content (AvgIpc) is 2.87. The Morgan fingerprint density at radius 2 is 2.00 bits per heavy atom. The Morgan fingerprint density at radius 3 is 2.65 bits per heavy atom. The number of nitrogens with two attached hydrogens (primary N) is 1. The number of anilines is 1. The number of nitrogen functional groups attached to an aromatic ring is 1. The Balaban J connectivity index is 2.16. The topological polar surface area (TPSA) is 72.2 Å². The van der Waals surface area contributed by atoms with Gasteiger partial charge < -0.3 is 5.73 Å². The van der Waals surface area contributed by atoms with E-state index in [1.54, 1.807) is 37.3 Å². The number of thiophene rings is 1. The Kier molecular flexibility index (Phi) is 4.47. The molecule has 0 aliphatic rings. The van der Waals surface area contributed by atoms with Crippen LogP contribution < -0.4 is 10.5 Å². The summed E-state index contributed by atoms with van der Waals surface area (Å²) >= 11 is 1.61. The Labute approximate surface area is 123 Å². The van der Waals surface area contributed by atoms with Gasteiger partial charge in [-0.3, -0.25) is 0 Å². The molecule has 0 atom stereocenters. The summed E-state index contributed by atoms with van der Waals surface area (Å²) in [5.74, 6) is 0. The molecule has 0 aliphatic heterocycles. The lowest BCUT2D eigenvalue weighted by molar-refractivity contribution is 0.580. The summed E-state index contributed by atoms with van der Waals surface area (Å²) in [6.07, 6.45) is 0.684. The van der Waals surface area contributed by atoms with E-state index in [0.717, 1.165) is 5.56 Å². The first kappa shape index (κ1) is 15.0. The fraction of sp³-hybridized carbons (Fsp3) is 0.286. The van der Waals surface area contributed by atoms with Gasteiger partial charge in [0.05, 0.1) is 4.90 Å². The van der Waals surface area contributed by atoms with Crippen LogP contribution in [0.4, 0.5) is 5.69 Å². The van der Waals surface area contributed by atoms with Gasteiger partial charge in [-0.05, 0) is 59.9 Å². The molecule has 0 bridgehead atoms. The molecule has 0 radical (unpaired) electrons. The average molecular weight is 310 g/mol. The SMILES string of the molecule is Cc1ccc(N)c(C)c1S(=O)(=O)NCCc1ccsc1. The normalized spacial score (nSPS) is 11.7. The molecule has 0 amide bonds. The first-order valence-electron chi connectivity index (χ1n) is 6.28. The Morgan fingerprint density at radius 1 is 1.25 bits per heavy atom. The highest BCUT2D eigenvalue weighted by Gasteiger charge is 2.20. The first-order valence-corrected chi connectivity index (χ1v) is 8.71. The van der Waals surface area contributed by atoms with E-state index in [-0.39, 0.29) is 0 Å². The lowest BCUT2D eigenvalue weighted by Crippen LogP contribution is -2.27. The molecule has 20 heavy (non-hydrogen) atoms. The number of benzene rings is 1. The number of aryl methyl sites for hydroxylation is 1. The van der Waals surface area contributed by atoms with Crippen LogP contribution >= 0.6 is 11.3 Å². The maximum absolute atomic E-state index is 12.4. The molecule has 4 nitrogen and oxygen atoms in total. The Bertz CT molecular complexity index is 692. The second-order valence-electron chi connectivity index (χ2n) is 4.71. The van der Waals surface area contributed by atoms with Gasteiger partial charge >= 0.3 is 0 Å². The third kappa shape index (κ3) is 3.20. The van der Waals surface area contributed by atoms with Crippen LogP contribution in [0.2, 0.25) is 0 Å². The molecular formula is C14H18N2O2S2. The summed E-state index contributed by atoms with van der Waals surface area (Å²) < 4.78 is 27.4. The van der Waals surface area contributed by atoms with Crippen molar-refractivity contribution < 1.29 is 8.42 Å². The second-order valence-corrected chi connectivity index (χ2v) is 7.19. The molecule has 1 heterocycles.